The number of hydrogen-bond donors (Lipinski definition) is 1. The van der Waals surface area contributed by atoms with E-state index in [4.69, 9.17) is 10.5 Å². The van der Waals surface area contributed by atoms with Gasteiger partial charge in [0.15, 0.2) is 0 Å². The van der Waals surface area contributed by atoms with Crippen LogP contribution in [0.3, 0.4) is 0 Å². The molecule has 3 nitrogen and oxygen atoms in total. The van der Waals surface area contributed by atoms with Crippen molar-refractivity contribution < 1.29 is 4.74 Å². The maximum atomic E-state index is 5.89. The quantitative estimate of drug-likeness (QED) is 0.847. The molecule has 0 aliphatic carbocycles. The Hall–Kier alpha value is -2.00. The minimum absolute atomic E-state index is 0.506. The maximum absolute atomic E-state index is 5.89. The number of anilines is 1. The molecular formula is C18H24N2O. The molecule has 0 aliphatic heterocycles. The normalized spacial score (nSPS) is 10.4. The van der Waals surface area contributed by atoms with E-state index in [9.17, 15) is 0 Å². The van der Waals surface area contributed by atoms with E-state index in [0.29, 0.717) is 13.2 Å². The van der Waals surface area contributed by atoms with Gasteiger partial charge in [-0.05, 0) is 37.6 Å². The van der Waals surface area contributed by atoms with Gasteiger partial charge in [-0.3, -0.25) is 0 Å². The van der Waals surface area contributed by atoms with Crippen molar-refractivity contribution in [2.45, 2.75) is 20.4 Å². The van der Waals surface area contributed by atoms with Crippen molar-refractivity contribution in [2.75, 3.05) is 24.6 Å². The number of hydrogen-bond acceptors (Lipinski definition) is 3. The number of likely N-dealkylation sites (N-methyl/N-ethyl adjacent to an activating group) is 1. The Morgan fingerprint density at radius 1 is 1.10 bits per heavy atom. The summed E-state index contributed by atoms with van der Waals surface area (Å²) in [6.07, 6.45) is 0. The van der Waals surface area contributed by atoms with Crippen LogP contribution in [0.5, 0.6) is 5.75 Å². The molecule has 3 heteroatoms. The zero-order valence-corrected chi connectivity index (χ0v) is 12.9. The highest BCUT2D eigenvalue weighted by molar-refractivity contribution is 5.48. The van der Waals surface area contributed by atoms with Crippen LogP contribution in [0.1, 0.15) is 18.1 Å². The molecule has 0 radical (unpaired) electrons. The highest BCUT2D eigenvalue weighted by Crippen LogP contribution is 2.18. The van der Waals surface area contributed by atoms with Crippen LogP contribution in [0.4, 0.5) is 5.69 Å². The Kier molecular flexibility index (Phi) is 5.64. The Morgan fingerprint density at radius 3 is 2.62 bits per heavy atom. The van der Waals surface area contributed by atoms with Gasteiger partial charge in [0.25, 0.3) is 0 Å². The molecule has 0 atom stereocenters. The highest BCUT2D eigenvalue weighted by atomic mass is 16.5. The van der Waals surface area contributed by atoms with Crippen LogP contribution in [-0.4, -0.2) is 19.7 Å². The summed E-state index contributed by atoms with van der Waals surface area (Å²) in [7, 11) is 0. The number of nitrogens with zero attached hydrogens (tertiary/aromatic N) is 1. The van der Waals surface area contributed by atoms with Crippen LogP contribution in [0.25, 0.3) is 0 Å². The molecule has 0 saturated carbocycles. The van der Waals surface area contributed by atoms with Crippen LogP contribution in [-0.2, 0) is 6.54 Å². The van der Waals surface area contributed by atoms with Crippen LogP contribution < -0.4 is 15.4 Å². The third kappa shape index (κ3) is 4.23. The van der Waals surface area contributed by atoms with Crippen molar-refractivity contribution in [3.63, 3.8) is 0 Å². The lowest BCUT2D eigenvalue weighted by Gasteiger charge is -2.23. The van der Waals surface area contributed by atoms with Gasteiger partial charge in [0.05, 0.1) is 6.54 Å². The lowest BCUT2D eigenvalue weighted by atomic mass is 10.2. The minimum Gasteiger partial charge on any atom is -0.491 e. The SMILES string of the molecule is CCN(CCOc1ccccc1CN)c1cccc(C)c1. The van der Waals surface area contributed by atoms with Crippen molar-refractivity contribution in [2.24, 2.45) is 5.73 Å². The second-order valence-electron chi connectivity index (χ2n) is 5.08. The van der Waals surface area contributed by atoms with Crippen LogP contribution in [0.2, 0.25) is 0 Å². The van der Waals surface area contributed by atoms with E-state index in [1.165, 1.54) is 11.3 Å². The van der Waals surface area contributed by atoms with Gasteiger partial charge < -0.3 is 15.4 Å². The number of rotatable bonds is 7. The predicted molar refractivity (Wildman–Crippen MR) is 88.9 cm³/mol. The molecule has 2 N–H and O–H groups in total. The van der Waals surface area contributed by atoms with Gasteiger partial charge in [0.2, 0.25) is 0 Å². The highest BCUT2D eigenvalue weighted by Gasteiger charge is 2.06. The van der Waals surface area contributed by atoms with E-state index in [1.807, 2.05) is 24.3 Å². The summed E-state index contributed by atoms with van der Waals surface area (Å²) in [5, 5.41) is 0. The van der Waals surface area contributed by atoms with E-state index in [-0.39, 0.29) is 0 Å². The van der Waals surface area contributed by atoms with Crippen molar-refractivity contribution in [1.82, 2.24) is 0 Å². The van der Waals surface area contributed by atoms with Crippen molar-refractivity contribution in [3.05, 3.63) is 59.7 Å². The summed E-state index contributed by atoms with van der Waals surface area (Å²) in [6.45, 7) is 7.26. The molecule has 0 unspecified atom stereocenters. The first kappa shape index (κ1) is 15.4. The summed E-state index contributed by atoms with van der Waals surface area (Å²) in [4.78, 5) is 2.32. The van der Waals surface area contributed by atoms with Gasteiger partial charge in [-0.25, -0.2) is 0 Å². The Balaban J connectivity index is 1.95. The standard InChI is InChI=1S/C18H24N2O/c1-3-20(17-9-6-7-15(2)13-17)11-12-21-18-10-5-4-8-16(18)14-19/h4-10,13H,3,11-12,14,19H2,1-2H3. The monoisotopic (exact) mass is 284 g/mol. The second kappa shape index (κ2) is 7.70. The number of benzene rings is 2. The van der Waals surface area contributed by atoms with Gasteiger partial charge in [0, 0.05) is 24.3 Å². The third-order valence-electron chi connectivity index (χ3n) is 3.56. The van der Waals surface area contributed by atoms with Crippen molar-refractivity contribution in [3.8, 4) is 5.75 Å². The predicted octanol–water partition coefficient (Wildman–Crippen LogP) is 3.36. The van der Waals surface area contributed by atoms with Gasteiger partial charge >= 0.3 is 0 Å². The molecule has 0 amide bonds. The average molecular weight is 284 g/mol. The summed E-state index contributed by atoms with van der Waals surface area (Å²) in [6, 6.07) is 16.5. The third-order valence-corrected chi connectivity index (χ3v) is 3.56. The fourth-order valence-electron chi connectivity index (χ4n) is 2.37. The molecule has 0 aliphatic rings. The van der Waals surface area contributed by atoms with Crippen LogP contribution in [0.15, 0.2) is 48.5 Å². The number of para-hydroxylation sites is 1. The van der Waals surface area contributed by atoms with Crippen LogP contribution in [0, 0.1) is 6.92 Å². The fraction of sp³-hybridized carbons (Fsp3) is 0.333. The molecular weight excluding hydrogens is 260 g/mol. The Morgan fingerprint density at radius 2 is 1.90 bits per heavy atom. The smallest absolute Gasteiger partial charge is 0.123 e. The van der Waals surface area contributed by atoms with E-state index < -0.39 is 0 Å². The first-order chi connectivity index (χ1) is 10.2. The first-order valence-electron chi connectivity index (χ1n) is 7.47. The van der Waals surface area contributed by atoms with E-state index in [0.717, 1.165) is 24.4 Å². The number of aryl methyl sites for hydroxylation is 1. The molecule has 2 aromatic rings. The first-order valence-corrected chi connectivity index (χ1v) is 7.47. The molecule has 0 saturated heterocycles. The number of nitrogens with two attached hydrogens (primary N) is 1. The van der Waals surface area contributed by atoms with E-state index in [2.05, 4.69) is 43.0 Å². The second-order valence-corrected chi connectivity index (χ2v) is 5.08. The molecule has 0 aromatic heterocycles. The van der Waals surface area contributed by atoms with Crippen molar-refractivity contribution in [1.29, 1.82) is 0 Å². The molecule has 0 spiro atoms. The van der Waals surface area contributed by atoms with Crippen molar-refractivity contribution >= 4 is 5.69 Å². The van der Waals surface area contributed by atoms with E-state index >= 15 is 0 Å². The zero-order chi connectivity index (χ0) is 15.1. The topological polar surface area (TPSA) is 38.5 Å². The Bertz CT molecular complexity index is 569. The Labute approximate surface area is 127 Å². The summed E-state index contributed by atoms with van der Waals surface area (Å²) < 4.78 is 5.89. The molecule has 2 aromatic carbocycles. The summed E-state index contributed by atoms with van der Waals surface area (Å²) >= 11 is 0. The molecule has 0 heterocycles. The largest absolute Gasteiger partial charge is 0.491 e. The van der Waals surface area contributed by atoms with Gasteiger partial charge in [0.1, 0.15) is 12.4 Å². The maximum Gasteiger partial charge on any atom is 0.123 e. The molecule has 0 bridgehead atoms. The minimum atomic E-state index is 0.506. The zero-order valence-electron chi connectivity index (χ0n) is 12.9. The summed E-state index contributed by atoms with van der Waals surface area (Å²) in [5.74, 6) is 0.889. The van der Waals surface area contributed by atoms with Crippen LogP contribution >= 0.6 is 0 Å². The molecule has 112 valence electrons. The van der Waals surface area contributed by atoms with Gasteiger partial charge in [-0.1, -0.05) is 30.3 Å². The lowest BCUT2D eigenvalue weighted by molar-refractivity contribution is 0.321. The number of ether oxygens (including phenoxy) is 1. The molecule has 21 heavy (non-hydrogen) atoms. The van der Waals surface area contributed by atoms with Gasteiger partial charge in [-0.15, -0.1) is 0 Å². The average Bonchev–Trinajstić information content (AvgIpc) is 2.52. The lowest BCUT2D eigenvalue weighted by Crippen LogP contribution is -2.28. The summed E-state index contributed by atoms with van der Waals surface area (Å²) in [5.41, 5.74) is 9.30. The van der Waals surface area contributed by atoms with Gasteiger partial charge in [-0.2, -0.15) is 0 Å². The molecule has 0 fully saturated rings. The van der Waals surface area contributed by atoms with E-state index in [1.54, 1.807) is 0 Å². The fourth-order valence-corrected chi connectivity index (χ4v) is 2.37. The molecule has 2 rings (SSSR count).